The van der Waals surface area contributed by atoms with Crippen LogP contribution < -0.4 is 0 Å². The van der Waals surface area contributed by atoms with Gasteiger partial charge in [0.05, 0.1) is 0 Å². The van der Waals surface area contributed by atoms with Crippen LogP contribution in [0.25, 0.3) is 0 Å². The van der Waals surface area contributed by atoms with Gasteiger partial charge in [0.15, 0.2) is 0 Å². The Hall–Kier alpha value is -2.48. The Morgan fingerprint density at radius 2 is 1.14 bits per heavy atom. The largest absolute Gasteiger partial charge is 0.225 e. The standard InChI is InChI=1S/C21H20Si/c1-4-15-22(16-13-20-9-5-18(2)6-10-20)17-14-21-11-7-19(3)8-12-21/h4-12,15,22H,1-3H3. The first-order valence-corrected chi connectivity index (χ1v) is 9.29. The van der Waals surface area contributed by atoms with Crippen LogP contribution in [0.3, 0.4) is 0 Å². The van der Waals surface area contributed by atoms with Crippen LogP contribution in [-0.4, -0.2) is 8.80 Å². The zero-order valence-corrected chi connectivity index (χ0v) is 14.5. The van der Waals surface area contributed by atoms with Crippen LogP contribution in [0.15, 0.2) is 60.3 Å². The maximum atomic E-state index is 3.37. The summed E-state index contributed by atoms with van der Waals surface area (Å²) < 4.78 is 0. The molecule has 0 aliphatic heterocycles. The third-order valence-electron chi connectivity index (χ3n) is 3.23. The molecule has 0 nitrogen and oxygen atoms in total. The number of benzene rings is 2. The number of allylic oxidation sites excluding steroid dienone is 1. The fraction of sp³-hybridized carbons (Fsp3) is 0.143. The second-order valence-electron chi connectivity index (χ2n) is 5.27. The maximum absolute atomic E-state index is 3.37. The smallest absolute Gasteiger partial charge is 0.109 e. The Kier molecular flexibility index (Phi) is 5.84. The molecule has 0 radical (unpaired) electrons. The normalized spacial score (nSPS) is 10.0. The molecule has 2 rings (SSSR count). The molecule has 0 aliphatic carbocycles. The van der Waals surface area contributed by atoms with Crippen molar-refractivity contribution in [3.05, 3.63) is 82.6 Å². The summed E-state index contributed by atoms with van der Waals surface area (Å²) >= 11 is 0. The van der Waals surface area contributed by atoms with Gasteiger partial charge in [0.2, 0.25) is 8.80 Å². The van der Waals surface area contributed by atoms with Crippen molar-refractivity contribution in [1.29, 1.82) is 0 Å². The summed E-state index contributed by atoms with van der Waals surface area (Å²) in [5.74, 6) is 6.52. The van der Waals surface area contributed by atoms with E-state index in [0.717, 1.165) is 11.1 Å². The van der Waals surface area contributed by atoms with Gasteiger partial charge >= 0.3 is 0 Å². The molecule has 0 saturated carbocycles. The second kappa shape index (κ2) is 8.08. The Morgan fingerprint density at radius 3 is 1.50 bits per heavy atom. The predicted molar refractivity (Wildman–Crippen MR) is 98.1 cm³/mol. The van der Waals surface area contributed by atoms with Crippen LogP contribution in [-0.2, 0) is 0 Å². The molecule has 0 aromatic heterocycles. The Morgan fingerprint density at radius 1 is 0.727 bits per heavy atom. The number of hydrogen-bond donors (Lipinski definition) is 0. The van der Waals surface area contributed by atoms with Crippen molar-refractivity contribution >= 4 is 8.80 Å². The fourth-order valence-electron chi connectivity index (χ4n) is 1.92. The lowest BCUT2D eigenvalue weighted by Gasteiger charge is -1.94. The maximum Gasteiger partial charge on any atom is 0.225 e. The highest BCUT2D eigenvalue weighted by atomic mass is 28.3. The van der Waals surface area contributed by atoms with Gasteiger partial charge in [-0.2, -0.15) is 0 Å². The lowest BCUT2D eigenvalue weighted by atomic mass is 10.2. The van der Waals surface area contributed by atoms with E-state index in [4.69, 9.17) is 0 Å². The van der Waals surface area contributed by atoms with Gasteiger partial charge in [-0.25, -0.2) is 0 Å². The second-order valence-corrected chi connectivity index (χ2v) is 7.19. The lowest BCUT2D eigenvalue weighted by Crippen LogP contribution is -2.03. The first kappa shape index (κ1) is 15.9. The summed E-state index contributed by atoms with van der Waals surface area (Å²) in [6.45, 7) is 6.20. The molecule has 2 aromatic carbocycles. The Balaban J connectivity index is 2.18. The van der Waals surface area contributed by atoms with Gasteiger partial charge in [0.25, 0.3) is 0 Å². The number of rotatable bonds is 1. The summed E-state index contributed by atoms with van der Waals surface area (Å²) in [5.41, 5.74) is 13.5. The van der Waals surface area contributed by atoms with Gasteiger partial charge in [-0.1, -0.05) is 59.0 Å². The average Bonchev–Trinajstić information content (AvgIpc) is 2.53. The van der Waals surface area contributed by atoms with Crippen molar-refractivity contribution < 1.29 is 0 Å². The van der Waals surface area contributed by atoms with Crippen LogP contribution in [0.4, 0.5) is 0 Å². The first-order valence-electron chi connectivity index (χ1n) is 7.46. The third kappa shape index (κ3) is 5.13. The molecule has 0 unspecified atom stereocenters. The molecule has 1 heteroatoms. The zero-order valence-electron chi connectivity index (χ0n) is 13.4. The van der Waals surface area contributed by atoms with E-state index < -0.39 is 8.80 Å². The molecule has 0 aliphatic rings. The van der Waals surface area contributed by atoms with Crippen molar-refractivity contribution in [3.63, 3.8) is 0 Å². The van der Waals surface area contributed by atoms with Crippen molar-refractivity contribution in [2.45, 2.75) is 20.8 Å². The van der Waals surface area contributed by atoms with Crippen molar-refractivity contribution in [1.82, 2.24) is 0 Å². The van der Waals surface area contributed by atoms with Gasteiger partial charge < -0.3 is 0 Å². The van der Waals surface area contributed by atoms with E-state index >= 15 is 0 Å². The molecular formula is C21H20Si. The van der Waals surface area contributed by atoms with Gasteiger partial charge in [-0.05, 0) is 45.0 Å². The van der Waals surface area contributed by atoms with E-state index in [1.807, 2.05) is 6.92 Å². The number of aryl methyl sites for hydroxylation is 2. The summed E-state index contributed by atoms with van der Waals surface area (Å²) in [7, 11) is -1.50. The monoisotopic (exact) mass is 300 g/mol. The van der Waals surface area contributed by atoms with Crippen LogP contribution in [0.5, 0.6) is 0 Å². The van der Waals surface area contributed by atoms with Crippen LogP contribution >= 0.6 is 0 Å². The molecule has 0 heterocycles. The molecule has 22 heavy (non-hydrogen) atoms. The number of hydrogen-bond acceptors (Lipinski definition) is 0. The van der Waals surface area contributed by atoms with E-state index in [9.17, 15) is 0 Å². The summed E-state index contributed by atoms with van der Waals surface area (Å²) in [6.07, 6.45) is 2.06. The molecule has 0 spiro atoms. The summed E-state index contributed by atoms with van der Waals surface area (Å²) in [6, 6.07) is 16.6. The molecule has 0 atom stereocenters. The van der Waals surface area contributed by atoms with Gasteiger partial charge in [-0.3, -0.25) is 0 Å². The van der Waals surface area contributed by atoms with Gasteiger partial charge in [0.1, 0.15) is 0 Å². The molecule has 0 amide bonds. The topological polar surface area (TPSA) is 0 Å². The Labute approximate surface area is 135 Å². The molecule has 108 valence electrons. The average molecular weight is 300 g/mol. The Bertz CT molecular complexity index is 694. The molecular weight excluding hydrogens is 280 g/mol. The summed E-state index contributed by atoms with van der Waals surface area (Å²) in [4.78, 5) is 0. The van der Waals surface area contributed by atoms with E-state index in [2.05, 4.69) is 97.1 Å². The lowest BCUT2D eigenvalue weighted by molar-refractivity contribution is 1.46. The minimum absolute atomic E-state index is 1.06. The highest BCUT2D eigenvalue weighted by Gasteiger charge is 1.97. The molecule has 2 aromatic rings. The van der Waals surface area contributed by atoms with Crippen LogP contribution in [0.2, 0.25) is 0 Å². The van der Waals surface area contributed by atoms with E-state index in [-0.39, 0.29) is 0 Å². The highest BCUT2D eigenvalue weighted by Crippen LogP contribution is 2.02. The summed E-state index contributed by atoms with van der Waals surface area (Å²) in [5, 5.41) is 0. The van der Waals surface area contributed by atoms with Crippen LogP contribution in [0.1, 0.15) is 29.2 Å². The van der Waals surface area contributed by atoms with Crippen LogP contribution in [0, 0.1) is 36.8 Å². The first-order chi connectivity index (χ1) is 10.7. The van der Waals surface area contributed by atoms with E-state index in [1.54, 1.807) is 0 Å². The predicted octanol–water partition coefficient (Wildman–Crippen LogP) is 4.13. The highest BCUT2D eigenvalue weighted by molar-refractivity contribution is 6.80. The van der Waals surface area contributed by atoms with E-state index in [0.29, 0.717) is 0 Å². The van der Waals surface area contributed by atoms with Crippen molar-refractivity contribution in [2.75, 3.05) is 0 Å². The van der Waals surface area contributed by atoms with Gasteiger partial charge in [0, 0.05) is 11.1 Å². The molecule has 0 N–H and O–H groups in total. The minimum atomic E-state index is -1.50. The van der Waals surface area contributed by atoms with Crippen molar-refractivity contribution in [3.8, 4) is 22.9 Å². The van der Waals surface area contributed by atoms with Crippen molar-refractivity contribution in [2.24, 2.45) is 0 Å². The molecule has 0 saturated heterocycles. The molecule has 0 bridgehead atoms. The SMILES string of the molecule is CC=C[SiH](C#Cc1ccc(C)cc1)C#Cc1ccc(C)cc1. The fourth-order valence-corrected chi connectivity index (χ4v) is 3.21. The van der Waals surface area contributed by atoms with E-state index in [1.165, 1.54) is 11.1 Å². The zero-order chi connectivity index (χ0) is 15.8. The third-order valence-corrected chi connectivity index (χ3v) is 4.91. The quantitative estimate of drug-likeness (QED) is 0.549. The van der Waals surface area contributed by atoms with Gasteiger partial charge in [-0.15, -0.1) is 11.1 Å². The molecule has 0 fully saturated rings. The minimum Gasteiger partial charge on any atom is -0.109 e.